The molecule has 0 atom stereocenters. The highest BCUT2D eigenvalue weighted by Crippen LogP contribution is 2.33. The third-order valence-electron chi connectivity index (χ3n) is 8.14. The molecule has 0 bridgehead atoms. The number of thiazole rings is 1. The van der Waals surface area contributed by atoms with Crippen LogP contribution in [0.2, 0.25) is 0 Å². The van der Waals surface area contributed by atoms with Gasteiger partial charge in [0.2, 0.25) is 11.4 Å². The molecule has 0 N–H and O–H groups in total. The quantitative estimate of drug-likeness (QED) is 0.0979. The summed E-state index contributed by atoms with van der Waals surface area (Å²) in [5.41, 5.74) is 6.52. The molecule has 44 heavy (non-hydrogen) atoms. The van der Waals surface area contributed by atoms with Gasteiger partial charge in [0, 0.05) is 18.2 Å². The van der Waals surface area contributed by atoms with Gasteiger partial charge in [-0.15, -0.1) is 0 Å². The zero-order valence-electron chi connectivity index (χ0n) is 28.3. The lowest BCUT2D eigenvalue weighted by Crippen LogP contribution is -3.00. The van der Waals surface area contributed by atoms with Crippen molar-refractivity contribution >= 4 is 22.9 Å². The van der Waals surface area contributed by atoms with E-state index in [9.17, 15) is 4.79 Å². The SMILES string of the molecule is CCCCCCCCCCCCCCOc1ccc(CN(C(C)=O)c2cccc(C[n+]3csc(C)c3)c2)cc1C(C)(C)C.[Br-]. The molecular formula is C38H57BrN2O2S. The first-order valence-electron chi connectivity index (χ1n) is 16.7. The van der Waals surface area contributed by atoms with Gasteiger partial charge >= 0.3 is 0 Å². The number of halogens is 1. The number of rotatable bonds is 19. The highest BCUT2D eigenvalue weighted by molar-refractivity contribution is 7.09. The molecule has 6 heteroatoms. The Morgan fingerprint density at radius 3 is 2.07 bits per heavy atom. The number of carbonyl (C=O) groups excluding carboxylic acids is 1. The monoisotopic (exact) mass is 684 g/mol. The number of amides is 1. The van der Waals surface area contributed by atoms with Gasteiger partial charge < -0.3 is 26.6 Å². The smallest absolute Gasteiger partial charge is 0.225 e. The second kappa shape index (κ2) is 20.0. The van der Waals surface area contributed by atoms with E-state index < -0.39 is 0 Å². The Kier molecular flexibility index (Phi) is 17.3. The molecule has 1 aromatic heterocycles. The maximum Gasteiger partial charge on any atom is 0.225 e. The minimum absolute atomic E-state index is 0. The maximum absolute atomic E-state index is 12.8. The van der Waals surface area contributed by atoms with Crippen LogP contribution in [0.4, 0.5) is 5.69 Å². The largest absolute Gasteiger partial charge is 1.00 e. The summed E-state index contributed by atoms with van der Waals surface area (Å²) in [5.74, 6) is 1.01. The standard InChI is InChI=1S/C38H57N2O2S.BrH/c1-7-8-9-10-11-12-13-14-15-16-17-18-24-42-37-23-22-34(26-36(37)38(4,5)6)29-40(32(3)41)35-21-19-20-33(25-35)28-39-27-31(2)43-30-39;/h19-23,25-27,30H,7-18,24,28-29H2,1-6H3;1H/q+1;/p-1. The van der Waals surface area contributed by atoms with Gasteiger partial charge in [0.25, 0.3) is 0 Å². The number of carbonyl (C=O) groups is 1. The van der Waals surface area contributed by atoms with Crippen LogP contribution in [0.3, 0.4) is 0 Å². The molecule has 0 radical (unpaired) electrons. The number of aromatic nitrogens is 1. The fourth-order valence-electron chi connectivity index (χ4n) is 5.64. The number of aryl methyl sites for hydroxylation is 1. The maximum atomic E-state index is 12.8. The third-order valence-corrected chi connectivity index (χ3v) is 8.99. The summed E-state index contributed by atoms with van der Waals surface area (Å²) in [6, 6.07) is 14.8. The zero-order valence-corrected chi connectivity index (χ0v) is 30.7. The van der Waals surface area contributed by atoms with Gasteiger partial charge in [0.15, 0.2) is 12.7 Å². The highest BCUT2D eigenvalue weighted by atomic mass is 79.9. The molecule has 0 saturated heterocycles. The number of unbranched alkanes of at least 4 members (excludes halogenated alkanes) is 11. The van der Waals surface area contributed by atoms with Crippen molar-refractivity contribution in [3.63, 3.8) is 0 Å². The van der Waals surface area contributed by atoms with E-state index in [1.807, 2.05) is 17.0 Å². The van der Waals surface area contributed by atoms with E-state index in [2.05, 4.69) is 81.2 Å². The Bertz CT molecular complexity index is 1250. The Balaban J connectivity index is 0.00000675. The van der Waals surface area contributed by atoms with Crippen LogP contribution in [0, 0.1) is 6.92 Å². The summed E-state index contributed by atoms with van der Waals surface area (Å²) in [6.45, 7) is 14.8. The summed E-state index contributed by atoms with van der Waals surface area (Å²) in [7, 11) is 0. The average molecular weight is 686 g/mol. The predicted octanol–water partition coefficient (Wildman–Crippen LogP) is 7.33. The molecule has 0 spiro atoms. The highest BCUT2D eigenvalue weighted by Gasteiger charge is 2.21. The molecule has 3 aromatic rings. The molecule has 0 aliphatic carbocycles. The van der Waals surface area contributed by atoms with Crippen molar-refractivity contribution < 1.29 is 31.1 Å². The van der Waals surface area contributed by atoms with Crippen LogP contribution in [0.25, 0.3) is 0 Å². The van der Waals surface area contributed by atoms with Gasteiger partial charge in [-0.2, -0.15) is 4.57 Å². The van der Waals surface area contributed by atoms with Crippen molar-refractivity contribution in [3.8, 4) is 5.75 Å². The van der Waals surface area contributed by atoms with Gasteiger partial charge in [-0.1, -0.05) is 128 Å². The van der Waals surface area contributed by atoms with Gasteiger partial charge in [0.05, 0.1) is 18.0 Å². The number of hydrogen-bond donors (Lipinski definition) is 0. The molecule has 0 aliphatic heterocycles. The Morgan fingerprint density at radius 2 is 1.50 bits per heavy atom. The summed E-state index contributed by atoms with van der Waals surface area (Å²) in [6.07, 6.45) is 18.3. The van der Waals surface area contributed by atoms with Gasteiger partial charge in [-0.25, -0.2) is 0 Å². The number of benzene rings is 2. The van der Waals surface area contributed by atoms with E-state index in [-0.39, 0.29) is 28.3 Å². The van der Waals surface area contributed by atoms with Crippen LogP contribution < -0.4 is 31.2 Å². The van der Waals surface area contributed by atoms with Crippen molar-refractivity contribution in [2.24, 2.45) is 0 Å². The molecule has 0 aliphatic rings. The fourth-order valence-corrected chi connectivity index (χ4v) is 6.27. The summed E-state index contributed by atoms with van der Waals surface area (Å²) >= 11 is 1.75. The molecule has 4 nitrogen and oxygen atoms in total. The lowest BCUT2D eigenvalue weighted by atomic mass is 9.85. The number of anilines is 1. The van der Waals surface area contributed by atoms with Gasteiger partial charge in [-0.3, -0.25) is 4.79 Å². The molecule has 1 amide bonds. The fraction of sp³-hybridized carbons (Fsp3) is 0.579. The molecule has 0 unspecified atom stereocenters. The van der Waals surface area contributed by atoms with Crippen molar-refractivity contribution in [1.82, 2.24) is 0 Å². The molecular weight excluding hydrogens is 628 g/mol. The van der Waals surface area contributed by atoms with Crippen LogP contribution in [0.5, 0.6) is 5.75 Å². The minimum atomic E-state index is -0.0568. The second-order valence-electron chi connectivity index (χ2n) is 13.2. The van der Waals surface area contributed by atoms with Crippen LogP contribution in [-0.2, 0) is 23.3 Å². The molecule has 0 saturated carbocycles. The van der Waals surface area contributed by atoms with E-state index in [0.717, 1.165) is 36.6 Å². The molecule has 1 heterocycles. The first-order chi connectivity index (χ1) is 20.7. The minimum Gasteiger partial charge on any atom is -1.00 e. The molecule has 2 aromatic carbocycles. The van der Waals surface area contributed by atoms with Crippen molar-refractivity contribution in [3.05, 3.63) is 75.7 Å². The van der Waals surface area contributed by atoms with E-state index in [0.29, 0.717) is 6.54 Å². The van der Waals surface area contributed by atoms with E-state index in [4.69, 9.17) is 4.74 Å². The van der Waals surface area contributed by atoms with Crippen molar-refractivity contribution in [1.29, 1.82) is 0 Å². The lowest BCUT2D eigenvalue weighted by Gasteiger charge is -2.26. The third kappa shape index (κ3) is 13.4. The Hall–Kier alpha value is -2.18. The second-order valence-corrected chi connectivity index (χ2v) is 14.3. The van der Waals surface area contributed by atoms with Crippen molar-refractivity contribution in [2.45, 2.75) is 137 Å². The van der Waals surface area contributed by atoms with Crippen LogP contribution in [-0.4, -0.2) is 12.5 Å². The van der Waals surface area contributed by atoms with Gasteiger partial charge in [-0.05, 0) is 54.2 Å². The Morgan fingerprint density at radius 1 is 0.864 bits per heavy atom. The Labute approximate surface area is 283 Å². The topological polar surface area (TPSA) is 33.4 Å². The van der Waals surface area contributed by atoms with Gasteiger partial charge in [0.1, 0.15) is 5.75 Å². The number of nitrogens with zero attached hydrogens (tertiary/aromatic N) is 2. The summed E-state index contributed by atoms with van der Waals surface area (Å²) in [4.78, 5) is 16.0. The average Bonchev–Trinajstić information content (AvgIpc) is 3.38. The normalized spacial score (nSPS) is 11.3. The summed E-state index contributed by atoms with van der Waals surface area (Å²) in [5, 5.41) is 0. The molecule has 0 fully saturated rings. The van der Waals surface area contributed by atoms with E-state index >= 15 is 0 Å². The first-order valence-corrected chi connectivity index (χ1v) is 17.6. The predicted molar refractivity (Wildman–Crippen MR) is 183 cm³/mol. The van der Waals surface area contributed by atoms with Crippen molar-refractivity contribution in [2.75, 3.05) is 11.5 Å². The van der Waals surface area contributed by atoms with Crippen LogP contribution in [0.1, 0.15) is 133 Å². The van der Waals surface area contributed by atoms with Crippen LogP contribution >= 0.6 is 11.3 Å². The number of hydrogen-bond acceptors (Lipinski definition) is 3. The zero-order chi connectivity index (χ0) is 31.1. The number of ether oxygens (including phenoxy) is 1. The van der Waals surface area contributed by atoms with E-state index in [1.165, 1.54) is 86.6 Å². The van der Waals surface area contributed by atoms with E-state index in [1.54, 1.807) is 18.3 Å². The molecule has 244 valence electrons. The lowest BCUT2D eigenvalue weighted by molar-refractivity contribution is -0.683. The molecule has 3 rings (SSSR count). The van der Waals surface area contributed by atoms with Crippen LogP contribution in [0.15, 0.2) is 54.2 Å². The first kappa shape index (κ1) is 38.0. The summed E-state index contributed by atoms with van der Waals surface area (Å²) < 4.78 is 8.54.